The third-order valence-corrected chi connectivity index (χ3v) is 9.48. The Balaban J connectivity index is 1.44. The van der Waals surface area contributed by atoms with Crippen molar-refractivity contribution in [2.24, 2.45) is 11.8 Å². The summed E-state index contributed by atoms with van der Waals surface area (Å²) in [5.41, 5.74) is 7.67. The molecule has 0 amide bonds. The summed E-state index contributed by atoms with van der Waals surface area (Å²) in [5.74, 6) is 1.29. The molecule has 8 heteroatoms. The summed E-state index contributed by atoms with van der Waals surface area (Å²) in [6, 6.07) is 22.9. The molecule has 0 saturated carbocycles. The van der Waals surface area contributed by atoms with Gasteiger partial charge in [0, 0.05) is 46.5 Å². The van der Waals surface area contributed by atoms with Gasteiger partial charge in [0.05, 0.1) is 28.5 Å². The molecule has 0 unspecified atom stereocenters. The molecule has 4 atom stereocenters. The molecule has 4 heterocycles. The normalized spacial score (nSPS) is 22.7. The summed E-state index contributed by atoms with van der Waals surface area (Å²) in [5, 5.41) is 5.03. The maximum Gasteiger partial charge on any atom is 0.174 e. The maximum atomic E-state index is 7.03. The molecule has 2 aliphatic rings. The van der Waals surface area contributed by atoms with Crippen LogP contribution in [0.3, 0.4) is 0 Å². The van der Waals surface area contributed by atoms with Crippen LogP contribution < -0.4 is 15.1 Å². The lowest BCUT2D eigenvalue weighted by Gasteiger charge is -2.37. The van der Waals surface area contributed by atoms with E-state index in [1.165, 1.54) is 17.7 Å². The highest BCUT2D eigenvalue weighted by atomic mass is 79.9. The van der Waals surface area contributed by atoms with Crippen molar-refractivity contribution in [1.29, 1.82) is 0 Å². The Morgan fingerprint density at radius 1 is 0.951 bits per heavy atom. The lowest BCUT2D eigenvalue weighted by atomic mass is 9.91. The van der Waals surface area contributed by atoms with Crippen LogP contribution in [0.15, 0.2) is 77.4 Å². The molecule has 2 aliphatic heterocycles. The Morgan fingerprint density at radius 2 is 1.73 bits per heavy atom. The predicted octanol–water partition coefficient (Wildman–Crippen LogP) is 8.56. The molecule has 5 nitrogen and oxygen atoms in total. The van der Waals surface area contributed by atoms with Gasteiger partial charge >= 0.3 is 0 Å². The third kappa shape index (κ3) is 5.40. The highest BCUT2D eigenvalue weighted by Crippen LogP contribution is 2.45. The van der Waals surface area contributed by atoms with Crippen LogP contribution in [-0.4, -0.2) is 27.8 Å². The zero-order chi connectivity index (χ0) is 28.8. The van der Waals surface area contributed by atoms with Gasteiger partial charge in [-0.2, -0.15) is 0 Å². The first-order valence-corrected chi connectivity index (χ1v) is 15.8. The first-order valence-electron chi connectivity index (χ1n) is 14.2. The van der Waals surface area contributed by atoms with E-state index in [0.717, 1.165) is 51.0 Å². The number of piperidine rings is 1. The van der Waals surface area contributed by atoms with Crippen LogP contribution in [0.4, 0.5) is 11.4 Å². The molecule has 41 heavy (non-hydrogen) atoms. The molecule has 0 aliphatic carbocycles. The van der Waals surface area contributed by atoms with Crippen LogP contribution in [-0.2, 0) is 0 Å². The van der Waals surface area contributed by atoms with Gasteiger partial charge < -0.3 is 19.7 Å². The van der Waals surface area contributed by atoms with E-state index in [1.807, 2.05) is 18.3 Å². The Morgan fingerprint density at radius 3 is 2.41 bits per heavy atom. The van der Waals surface area contributed by atoms with Gasteiger partial charge in [0.2, 0.25) is 0 Å². The number of hydrogen-bond donors (Lipinski definition) is 1. The lowest BCUT2D eigenvalue weighted by molar-refractivity contribution is 0.357. The fourth-order valence-electron chi connectivity index (χ4n) is 6.81. The summed E-state index contributed by atoms with van der Waals surface area (Å²) in [6.07, 6.45) is 3.10. The van der Waals surface area contributed by atoms with E-state index in [9.17, 15) is 0 Å². The van der Waals surface area contributed by atoms with Crippen molar-refractivity contribution in [3.8, 4) is 5.69 Å². The zero-order valence-corrected chi connectivity index (χ0v) is 27.0. The van der Waals surface area contributed by atoms with E-state index in [1.54, 1.807) is 0 Å². The molecule has 4 aromatic rings. The number of aromatic nitrogens is 2. The number of nitrogens with one attached hydrogen (secondary N) is 1. The monoisotopic (exact) mass is 647 g/mol. The van der Waals surface area contributed by atoms with Crippen molar-refractivity contribution in [1.82, 2.24) is 14.9 Å². The van der Waals surface area contributed by atoms with E-state index in [-0.39, 0.29) is 12.1 Å². The summed E-state index contributed by atoms with van der Waals surface area (Å²) >= 11 is 16.7. The number of thiocarbonyl (C=S) groups is 1. The smallest absolute Gasteiger partial charge is 0.174 e. The first kappa shape index (κ1) is 28.3. The third-order valence-electron chi connectivity index (χ3n) is 8.37. The van der Waals surface area contributed by atoms with Crippen LogP contribution in [0, 0.1) is 25.7 Å². The molecule has 6 rings (SSSR count). The molecule has 2 aromatic heterocycles. The number of nitrogens with zero attached hydrogens (tertiary/aromatic N) is 4. The van der Waals surface area contributed by atoms with E-state index in [0.29, 0.717) is 16.9 Å². The molecule has 2 saturated heterocycles. The standard InChI is InChI=1S/C33H35BrClN5S/c1-20-14-21(2)19-38(18-20)30-12-11-26(17-28(30)35)40-32(31(37-33(40)41)29-10-5-6-13-36-29)27-15-22(3)39(23(27)4)25-9-7-8-24(34)16-25/h5-13,15-17,20-21,31-32H,14,18-19H2,1-4H3,(H,37,41)/t20-,21-,31-,32+/m0/s1. The minimum atomic E-state index is -0.123. The SMILES string of the molecule is Cc1cc([C@@H]2[C@H](c3ccccn3)NC(=S)N2c2ccc(N3C[C@@H](C)C[C@H](C)C3)c(Cl)c2)c(C)n1-c1cccc(Br)c1. The van der Waals surface area contributed by atoms with Crippen LogP contribution in [0.2, 0.25) is 5.02 Å². The van der Waals surface area contributed by atoms with Crippen molar-refractivity contribution in [2.75, 3.05) is 22.9 Å². The maximum absolute atomic E-state index is 7.03. The van der Waals surface area contributed by atoms with E-state index < -0.39 is 0 Å². The minimum absolute atomic E-state index is 0.110. The first-order chi connectivity index (χ1) is 19.7. The topological polar surface area (TPSA) is 36.3 Å². The number of halogens is 2. The fraction of sp³-hybridized carbons (Fsp3) is 0.333. The van der Waals surface area contributed by atoms with Gasteiger partial charge in [0.25, 0.3) is 0 Å². The number of benzene rings is 2. The number of aryl methyl sites for hydroxylation is 1. The Hall–Kier alpha value is -2.87. The Bertz CT molecular complexity index is 1580. The highest BCUT2D eigenvalue weighted by Gasteiger charge is 2.42. The zero-order valence-electron chi connectivity index (χ0n) is 23.8. The minimum Gasteiger partial charge on any atom is -0.370 e. The number of hydrogen-bond acceptors (Lipinski definition) is 3. The number of pyridine rings is 1. The number of anilines is 2. The second-order valence-corrected chi connectivity index (χ2v) is 13.3. The quantitative estimate of drug-likeness (QED) is 0.220. The summed E-state index contributed by atoms with van der Waals surface area (Å²) in [6.45, 7) is 11.0. The highest BCUT2D eigenvalue weighted by molar-refractivity contribution is 9.10. The molecular formula is C33H35BrClN5S. The average Bonchev–Trinajstić information content (AvgIpc) is 3.43. The average molecular weight is 649 g/mol. The molecule has 1 N–H and O–H groups in total. The lowest BCUT2D eigenvalue weighted by Crippen LogP contribution is -2.38. The van der Waals surface area contributed by atoms with Crippen LogP contribution in [0.5, 0.6) is 0 Å². The second-order valence-electron chi connectivity index (χ2n) is 11.6. The van der Waals surface area contributed by atoms with Crippen molar-refractivity contribution in [2.45, 2.75) is 46.2 Å². The molecular weight excluding hydrogens is 614 g/mol. The van der Waals surface area contributed by atoms with Crippen molar-refractivity contribution in [3.05, 3.63) is 105 Å². The fourth-order valence-corrected chi connectivity index (χ4v) is 7.84. The van der Waals surface area contributed by atoms with Gasteiger partial charge in [0.15, 0.2) is 5.11 Å². The predicted molar refractivity (Wildman–Crippen MR) is 177 cm³/mol. The summed E-state index contributed by atoms with van der Waals surface area (Å²) in [4.78, 5) is 9.40. The summed E-state index contributed by atoms with van der Waals surface area (Å²) < 4.78 is 3.36. The molecule has 212 valence electrons. The second kappa shape index (κ2) is 11.4. The van der Waals surface area contributed by atoms with Crippen molar-refractivity contribution in [3.63, 3.8) is 0 Å². The van der Waals surface area contributed by atoms with Gasteiger partial charge in [-0.1, -0.05) is 53.5 Å². The molecule has 2 aromatic carbocycles. The van der Waals surface area contributed by atoms with E-state index >= 15 is 0 Å². The van der Waals surface area contributed by atoms with Crippen molar-refractivity contribution < 1.29 is 0 Å². The van der Waals surface area contributed by atoms with Crippen LogP contribution in [0.1, 0.15) is 55.0 Å². The summed E-state index contributed by atoms with van der Waals surface area (Å²) in [7, 11) is 0. The van der Waals surface area contributed by atoms with Gasteiger partial charge in [-0.15, -0.1) is 0 Å². The van der Waals surface area contributed by atoms with Gasteiger partial charge in [-0.05, 0) is 104 Å². The molecule has 0 spiro atoms. The molecule has 2 fully saturated rings. The Kier molecular flexibility index (Phi) is 7.88. The van der Waals surface area contributed by atoms with Crippen LogP contribution >= 0.6 is 39.7 Å². The molecule has 0 bridgehead atoms. The van der Waals surface area contributed by atoms with Crippen molar-refractivity contribution >= 4 is 56.2 Å². The van der Waals surface area contributed by atoms with E-state index in [4.69, 9.17) is 28.8 Å². The van der Waals surface area contributed by atoms with Gasteiger partial charge in [-0.25, -0.2) is 0 Å². The Labute approximate surface area is 261 Å². The van der Waals surface area contributed by atoms with Gasteiger partial charge in [0.1, 0.15) is 0 Å². The van der Waals surface area contributed by atoms with Gasteiger partial charge in [-0.3, -0.25) is 4.98 Å². The van der Waals surface area contributed by atoms with Crippen LogP contribution in [0.25, 0.3) is 5.69 Å². The molecule has 0 radical (unpaired) electrons. The number of rotatable bonds is 5. The largest absolute Gasteiger partial charge is 0.370 e. The van der Waals surface area contributed by atoms with E-state index in [2.05, 4.69) is 118 Å².